The average molecular weight is 1280 g/mol. The van der Waals surface area contributed by atoms with E-state index in [4.69, 9.17) is 0 Å². The molecule has 11 aromatic carbocycles. The monoisotopic (exact) mass is 1280 g/mol. The number of aromatic nitrogens is 13. The highest BCUT2D eigenvalue weighted by molar-refractivity contribution is 6.19. The Labute approximate surface area is 559 Å². The largest absolute Gasteiger partial charge is 0.420 e. The molecule has 0 spiro atoms. The standard InChI is InChI=1S/C83H48F3N13/c84-83(85,86)77-78(95-67-19-7-1-13-57(67)58-14-2-8-20-68(58)95)80(98-73-29-25-49(53-37-87-45-88-38-53)33-63(73)64-34-50(26-30-74(64)98)54-39-89-46-90-40-54)82(97-71-23-11-5-17-61(71)62-18-6-12-24-72(62)97)81(79(77)96-69-21-9-3-15-59(69)60-16-4-10-22-70(60)96)99-75-31-27-51(55-41-91-47-92-42-55)35-65(75)66-36-52(28-32-76(66)99)56-43-93-48-94-44-56/h1-48H. The van der Waals surface area contributed by atoms with Crippen LogP contribution >= 0.6 is 0 Å². The first-order chi connectivity index (χ1) is 48.8. The molecule has 0 radical (unpaired) electrons. The van der Waals surface area contributed by atoms with Gasteiger partial charge in [0.05, 0.1) is 83.6 Å². The van der Waals surface area contributed by atoms with Gasteiger partial charge in [0.1, 0.15) is 30.9 Å². The molecule has 0 fully saturated rings. The van der Waals surface area contributed by atoms with E-state index in [1.807, 2.05) is 179 Å². The van der Waals surface area contributed by atoms with Crippen LogP contribution in [0.4, 0.5) is 13.2 Å². The van der Waals surface area contributed by atoms with E-state index in [2.05, 4.69) is 102 Å². The van der Waals surface area contributed by atoms with Gasteiger partial charge in [-0.3, -0.25) is 0 Å². The molecular formula is C83H48F3N13. The summed E-state index contributed by atoms with van der Waals surface area (Å²) in [6, 6.07) is 72.3. The fourth-order valence-corrected chi connectivity index (χ4v) is 15.6. The number of rotatable bonds is 9. The van der Waals surface area contributed by atoms with Crippen LogP contribution in [0.25, 0.3) is 182 Å². The highest BCUT2D eigenvalue weighted by Crippen LogP contribution is 2.56. The minimum absolute atomic E-state index is 0.101. The van der Waals surface area contributed by atoms with Crippen molar-refractivity contribution in [2.24, 2.45) is 0 Å². The van der Waals surface area contributed by atoms with E-state index in [1.165, 1.54) is 25.3 Å². The lowest BCUT2D eigenvalue weighted by Crippen LogP contribution is -2.23. The highest BCUT2D eigenvalue weighted by Gasteiger charge is 2.46. The van der Waals surface area contributed by atoms with Crippen molar-refractivity contribution in [2.75, 3.05) is 0 Å². The Hall–Kier alpha value is -13.5. The lowest BCUT2D eigenvalue weighted by molar-refractivity contribution is -0.137. The molecule has 0 N–H and O–H groups in total. The third kappa shape index (κ3) is 8.35. The summed E-state index contributed by atoms with van der Waals surface area (Å²) in [7, 11) is 0. The van der Waals surface area contributed by atoms with Gasteiger partial charge in [0.25, 0.3) is 0 Å². The van der Waals surface area contributed by atoms with Crippen molar-refractivity contribution in [1.29, 1.82) is 0 Å². The van der Waals surface area contributed by atoms with E-state index in [9.17, 15) is 0 Å². The van der Waals surface area contributed by atoms with Gasteiger partial charge in [0.2, 0.25) is 0 Å². The van der Waals surface area contributed by atoms with Crippen molar-refractivity contribution in [3.05, 3.63) is 299 Å². The number of hydrogen-bond acceptors (Lipinski definition) is 8. The third-order valence-corrected chi connectivity index (χ3v) is 19.6. The van der Waals surface area contributed by atoms with Gasteiger partial charge in [-0.15, -0.1) is 0 Å². The minimum atomic E-state index is -5.16. The van der Waals surface area contributed by atoms with Crippen LogP contribution in [0.3, 0.4) is 0 Å². The summed E-state index contributed by atoms with van der Waals surface area (Å²) in [5, 5.41) is 7.98. The topological polar surface area (TPSA) is 128 Å². The van der Waals surface area contributed by atoms with E-state index in [-0.39, 0.29) is 22.7 Å². The number of fused-ring (bicyclic) bond motifs is 15. The number of benzene rings is 11. The maximum atomic E-state index is 19.4. The van der Waals surface area contributed by atoms with Crippen LogP contribution in [0.15, 0.2) is 293 Å². The molecule has 0 bridgehead atoms. The van der Waals surface area contributed by atoms with Crippen LogP contribution in [-0.2, 0) is 6.18 Å². The SMILES string of the molecule is FC(F)(F)c1c(-n2c3ccccc3c3ccccc32)c(-n2c3ccc(-c4cncnc4)cc3c3cc(-c4cncnc4)ccc32)c(-n2c3ccccc3c3ccccc32)c(-n2c3ccc(-c4cncnc4)cc3c3cc(-c4cncnc4)ccc32)c1-n1c2ccccc2c2ccccc21. The molecule has 20 rings (SSSR count). The van der Waals surface area contributed by atoms with Gasteiger partial charge < -0.3 is 22.8 Å². The minimum Gasteiger partial charge on any atom is -0.306 e. The Balaban J connectivity index is 1.12. The maximum absolute atomic E-state index is 19.4. The molecule has 0 amide bonds. The first-order valence-electron chi connectivity index (χ1n) is 32.3. The van der Waals surface area contributed by atoms with Crippen LogP contribution in [0, 0.1) is 0 Å². The van der Waals surface area contributed by atoms with E-state index < -0.39 is 11.7 Å². The van der Waals surface area contributed by atoms with Crippen molar-refractivity contribution in [3.63, 3.8) is 0 Å². The summed E-state index contributed by atoms with van der Waals surface area (Å²) in [5.41, 5.74) is 12.5. The van der Waals surface area contributed by atoms with Gasteiger partial charge in [-0.1, -0.05) is 133 Å². The molecule has 0 saturated heterocycles. The molecular weight excluding hydrogens is 1240 g/mol. The zero-order valence-electron chi connectivity index (χ0n) is 52.2. The van der Waals surface area contributed by atoms with Crippen molar-refractivity contribution in [3.8, 4) is 72.9 Å². The van der Waals surface area contributed by atoms with Crippen LogP contribution in [0.2, 0.25) is 0 Å². The Bertz CT molecular complexity index is 6020. The smallest absolute Gasteiger partial charge is 0.306 e. The number of hydrogen-bond donors (Lipinski definition) is 0. The molecule has 0 aliphatic carbocycles. The second-order valence-electron chi connectivity index (χ2n) is 24.8. The van der Waals surface area contributed by atoms with Gasteiger partial charge >= 0.3 is 6.18 Å². The number of nitrogens with zero attached hydrogens (tertiary/aromatic N) is 13. The average Bonchev–Trinajstić information content (AvgIpc) is 1.57. The van der Waals surface area contributed by atoms with E-state index in [0.717, 1.165) is 109 Å². The molecule has 0 atom stereocenters. The van der Waals surface area contributed by atoms with Crippen molar-refractivity contribution in [1.82, 2.24) is 62.7 Å². The molecule has 0 aliphatic rings. The Morgan fingerprint density at radius 3 is 0.616 bits per heavy atom. The first-order valence-corrected chi connectivity index (χ1v) is 32.3. The second kappa shape index (κ2) is 21.5. The molecule has 9 aromatic heterocycles. The Kier molecular flexibility index (Phi) is 12.2. The van der Waals surface area contributed by atoms with Crippen LogP contribution in [-0.4, -0.2) is 62.7 Å². The summed E-state index contributed by atoms with van der Waals surface area (Å²) in [4.78, 5) is 35.6. The number of alkyl halides is 3. The molecule has 9 heterocycles. The van der Waals surface area contributed by atoms with Gasteiger partial charge in [-0.2, -0.15) is 13.2 Å². The van der Waals surface area contributed by atoms with Crippen molar-refractivity contribution in [2.45, 2.75) is 6.18 Å². The summed E-state index contributed by atoms with van der Waals surface area (Å²) < 4.78 is 68.5. The normalized spacial score (nSPS) is 12.2. The highest BCUT2D eigenvalue weighted by atomic mass is 19.4. The molecule has 20 aromatic rings. The molecule has 0 unspecified atom stereocenters. The molecule has 99 heavy (non-hydrogen) atoms. The fraction of sp³-hybridized carbons (Fsp3) is 0.0120. The van der Waals surface area contributed by atoms with Crippen LogP contribution in [0.1, 0.15) is 5.56 Å². The van der Waals surface area contributed by atoms with Gasteiger partial charge in [0, 0.05) is 126 Å². The fourth-order valence-electron chi connectivity index (χ4n) is 15.6. The lowest BCUT2D eigenvalue weighted by Gasteiger charge is -2.32. The van der Waals surface area contributed by atoms with Crippen LogP contribution in [0.5, 0.6) is 0 Å². The zero-order valence-corrected chi connectivity index (χ0v) is 52.2. The molecule has 0 saturated carbocycles. The van der Waals surface area contributed by atoms with Crippen LogP contribution < -0.4 is 0 Å². The number of halogens is 3. The van der Waals surface area contributed by atoms with E-state index >= 15 is 13.2 Å². The quantitative estimate of drug-likeness (QED) is 0.140. The van der Waals surface area contributed by atoms with E-state index in [1.54, 1.807) is 49.6 Å². The second-order valence-corrected chi connectivity index (χ2v) is 24.8. The van der Waals surface area contributed by atoms with Gasteiger partial charge in [-0.25, -0.2) is 39.9 Å². The summed E-state index contributed by atoms with van der Waals surface area (Å²) in [5.74, 6) is 0. The predicted octanol–water partition coefficient (Wildman–Crippen LogP) is 20.0. The zero-order chi connectivity index (χ0) is 65.6. The lowest BCUT2D eigenvalue weighted by atomic mass is 9.99. The Morgan fingerprint density at radius 1 is 0.202 bits per heavy atom. The number of para-hydroxylation sites is 6. The summed E-state index contributed by atoms with van der Waals surface area (Å²) in [6.07, 6.45) is 15.0. The molecule has 13 nitrogen and oxygen atoms in total. The first kappa shape index (κ1) is 55.9. The van der Waals surface area contributed by atoms with Gasteiger partial charge in [0.15, 0.2) is 0 Å². The Morgan fingerprint density at radius 2 is 0.394 bits per heavy atom. The van der Waals surface area contributed by atoms with Gasteiger partial charge in [-0.05, 0) is 107 Å². The van der Waals surface area contributed by atoms with Crippen molar-refractivity contribution >= 4 is 109 Å². The molecule has 16 heteroatoms. The summed E-state index contributed by atoms with van der Waals surface area (Å²) >= 11 is 0. The van der Waals surface area contributed by atoms with Crippen molar-refractivity contribution < 1.29 is 13.2 Å². The third-order valence-electron chi connectivity index (χ3n) is 19.6. The summed E-state index contributed by atoms with van der Waals surface area (Å²) in [6.45, 7) is 0. The predicted molar refractivity (Wildman–Crippen MR) is 387 cm³/mol. The maximum Gasteiger partial charge on any atom is 0.420 e. The molecule has 466 valence electrons. The molecule has 0 aliphatic heterocycles. The van der Waals surface area contributed by atoms with E-state index in [0.29, 0.717) is 49.8 Å².